The highest BCUT2D eigenvalue weighted by Gasteiger charge is 2.36. The molecule has 2 aromatic rings. The molecule has 1 aliphatic heterocycles. The van der Waals surface area contributed by atoms with E-state index in [4.69, 9.17) is 23.2 Å². The first-order valence-corrected chi connectivity index (χ1v) is 8.02. The highest BCUT2D eigenvalue weighted by atomic mass is 35.5. The second-order valence-electron chi connectivity index (χ2n) is 5.47. The number of rotatable bonds is 3. The first-order valence-electron chi connectivity index (χ1n) is 7.26. The Labute approximate surface area is 148 Å². The smallest absolute Gasteiger partial charge is 0.229 e. The number of carbonyl (C=O) groups excluding carboxylic acids is 2. The molecule has 7 heteroatoms. The van der Waals surface area contributed by atoms with E-state index < -0.39 is 5.92 Å². The Morgan fingerprint density at radius 3 is 2.58 bits per heavy atom. The van der Waals surface area contributed by atoms with E-state index in [1.165, 1.54) is 29.2 Å². The summed E-state index contributed by atoms with van der Waals surface area (Å²) in [5.41, 5.74) is 0.972. The number of halogens is 3. The first kappa shape index (κ1) is 16.7. The van der Waals surface area contributed by atoms with Crippen LogP contribution in [0.2, 0.25) is 10.0 Å². The summed E-state index contributed by atoms with van der Waals surface area (Å²) in [4.78, 5) is 26.0. The fourth-order valence-corrected chi connectivity index (χ4v) is 2.99. The molecule has 0 bridgehead atoms. The van der Waals surface area contributed by atoms with Crippen LogP contribution in [0.3, 0.4) is 0 Å². The van der Waals surface area contributed by atoms with Crippen LogP contribution in [0.4, 0.5) is 15.8 Å². The van der Waals surface area contributed by atoms with Gasteiger partial charge in [-0.2, -0.15) is 0 Å². The van der Waals surface area contributed by atoms with Crippen LogP contribution in [-0.4, -0.2) is 18.4 Å². The van der Waals surface area contributed by atoms with Gasteiger partial charge in [0.25, 0.3) is 0 Å². The number of nitrogens with zero attached hydrogens (tertiary/aromatic N) is 1. The highest BCUT2D eigenvalue weighted by Crippen LogP contribution is 2.35. The average molecular weight is 367 g/mol. The Morgan fingerprint density at radius 1 is 1.17 bits per heavy atom. The molecule has 0 aliphatic carbocycles. The molecular formula is C17H13Cl2FN2O2. The van der Waals surface area contributed by atoms with Gasteiger partial charge in [-0.05, 0) is 36.4 Å². The van der Waals surface area contributed by atoms with Crippen LogP contribution in [0.25, 0.3) is 0 Å². The number of amides is 2. The molecule has 24 heavy (non-hydrogen) atoms. The molecule has 1 atom stereocenters. The van der Waals surface area contributed by atoms with Gasteiger partial charge in [0.2, 0.25) is 11.8 Å². The summed E-state index contributed by atoms with van der Waals surface area (Å²) >= 11 is 12.1. The molecule has 0 aromatic heterocycles. The third-order valence-corrected chi connectivity index (χ3v) is 4.64. The molecule has 1 saturated heterocycles. The van der Waals surface area contributed by atoms with Gasteiger partial charge in [0.05, 0.1) is 21.7 Å². The monoisotopic (exact) mass is 366 g/mol. The van der Waals surface area contributed by atoms with Crippen LogP contribution in [0, 0.1) is 11.7 Å². The van der Waals surface area contributed by atoms with Crippen molar-refractivity contribution in [3.8, 4) is 0 Å². The molecule has 0 radical (unpaired) electrons. The van der Waals surface area contributed by atoms with Crippen molar-refractivity contribution in [3.05, 3.63) is 58.3 Å². The summed E-state index contributed by atoms with van der Waals surface area (Å²) in [6.07, 6.45) is 0.0792. The summed E-state index contributed by atoms with van der Waals surface area (Å²) in [6, 6.07) is 10.5. The SMILES string of the molecule is O=C(Nc1ccc(F)cc1)[C@H]1CC(=O)N(c2cccc(Cl)c2Cl)C1. The summed E-state index contributed by atoms with van der Waals surface area (Å²) in [5.74, 6) is -1.39. The van der Waals surface area contributed by atoms with Crippen LogP contribution < -0.4 is 10.2 Å². The molecule has 4 nitrogen and oxygen atoms in total. The molecule has 124 valence electrons. The minimum absolute atomic E-state index is 0.0792. The molecule has 2 aromatic carbocycles. The Kier molecular flexibility index (Phi) is 4.73. The number of hydrogen-bond acceptors (Lipinski definition) is 2. The number of carbonyl (C=O) groups is 2. The van der Waals surface area contributed by atoms with Gasteiger partial charge >= 0.3 is 0 Å². The van der Waals surface area contributed by atoms with Crippen LogP contribution in [0.15, 0.2) is 42.5 Å². The fourth-order valence-electron chi connectivity index (χ4n) is 2.59. The predicted molar refractivity (Wildman–Crippen MR) is 92.0 cm³/mol. The Hall–Kier alpha value is -2.11. The maximum atomic E-state index is 12.9. The van der Waals surface area contributed by atoms with Crippen molar-refractivity contribution in [2.45, 2.75) is 6.42 Å². The number of benzene rings is 2. The van der Waals surface area contributed by atoms with Gasteiger partial charge in [-0.1, -0.05) is 29.3 Å². The zero-order chi connectivity index (χ0) is 17.3. The minimum atomic E-state index is -0.516. The van der Waals surface area contributed by atoms with E-state index in [1.807, 2.05) is 0 Å². The molecule has 1 N–H and O–H groups in total. The van der Waals surface area contributed by atoms with Crippen molar-refractivity contribution in [1.29, 1.82) is 0 Å². The number of hydrogen-bond donors (Lipinski definition) is 1. The normalized spacial score (nSPS) is 17.2. The third kappa shape index (κ3) is 3.37. The van der Waals surface area contributed by atoms with Crippen LogP contribution in [-0.2, 0) is 9.59 Å². The van der Waals surface area contributed by atoms with E-state index in [0.29, 0.717) is 16.4 Å². The van der Waals surface area contributed by atoms with E-state index in [0.717, 1.165) is 0 Å². The van der Waals surface area contributed by atoms with E-state index in [-0.39, 0.29) is 35.6 Å². The minimum Gasteiger partial charge on any atom is -0.326 e. The predicted octanol–water partition coefficient (Wildman–Crippen LogP) is 4.12. The third-order valence-electron chi connectivity index (χ3n) is 3.83. The van der Waals surface area contributed by atoms with E-state index in [1.54, 1.807) is 18.2 Å². The van der Waals surface area contributed by atoms with Crippen molar-refractivity contribution in [3.63, 3.8) is 0 Å². The molecule has 0 spiro atoms. The lowest BCUT2D eigenvalue weighted by molar-refractivity contribution is -0.122. The number of anilines is 2. The first-order chi connectivity index (χ1) is 11.5. The van der Waals surface area contributed by atoms with Gasteiger partial charge in [-0.25, -0.2) is 4.39 Å². The lowest BCUT2D eigenvalue weighted by Crippen LogP contribution is -2.28. The fraction of sp³-hybridized carbons (Fsp3) is 0.176. The van der Waals surface area contributed by atoms with Crippen molar-refractivity contribution in [1.82, 2.24) is 0 Å². The quantitative estimate of drug-likeness (QED) is 0.887. The Morgan fingerprint density at radius 2 is 1.88 bits per heavy atom. The second-order valence-corrected chi connectivity index (χ2v) is 6.26. The standard InChI is InChI=1S/C17H13Cl2FN2O2/c18-13-2-1-3-14(16(13)19)22-9-10(8-15(22)23)17(24)21-12-6-4-11(20)5-7-12/h1-7,10H,8-9H2,(H,21,24)/t10-/m0/s1. The summed E-state index contributed by atoms with van der Waals surface area (Å²) in [6.45, 7) is 0.214. The van der Waals surface area contributed by atoms with Gasteiger partial charge in [-0.15, -0.1) is 0 Å². The van der Waals surface area contributed by atoms with Crippen molar-refractivity contribution in [2.75, 3.05) is 16.8 Å². The van der Waals surface area contributed by atoms with Crippen LogP contribution in [0.5, 0.6) is 0 Å². The van der Waals surface area contributed by atoms with Gasteiger partial charge < -0.3 is 10.2 Å². The summed E-state index contributed by atoms with van der Waals surface area (Å²) in [7, 11) is 0. The largest absolute Gasteiger partial charge is 0.326 e. The zero-order valence-electron chi connectivity index (χ0n) is 12.4. The van der Waals surface area contributed by atoms with Gasteiger partial charge in [0, 0.05) is 18.7 Å². The van der Waals surface area contributed by atoms with Crippen LogP contribution >= 0.6 is 23.2 Å². The molecule has 3 rings (SSSR count). The lowest BCUT2D eigenvalue weighted by Gasteiger charge is -2.18. The molecule has 0 unspecified atom stereocenters. The van der Waals surface area contributed by atoms with Gasteiger partial charge in [0.15, 0.2) is 0 Å². The van der Waals surface area contributed by atoms with E-state index in [2.05, 4.69) is 5.32 Å². The van der Waals surface area contributed by atoms with Gasteiger partial charge in [0.1, 0.15) is 5.82 Å². The van der Waals surface area contributed by atoms with Gasteiger partial charge in [-0.3, -0.25) is 9.59 Å². The molecule has 1 heterocycles. The Bertz CT molecular complexity index is 796. The lowest BCUT2D eigenvalue weighted by atomic mass is 10.1. The molecule has 2 amide bonds. The summed E-state index contributed by atoms with van der Waals surface area (Å²) in [5, 5.41) is 3.32. The second kappa shape index (κ2) is 6.79. The van der Waals surface area contributed by atoms with E-state index >= 15 is 0 Å². The molecular weight excluding hydrogens is 354 g/mol. The topological polar surface area (TPSA) is 49.4 Å². The maximum absolute atomic E-state index is 12.9. The maximum Gasteiger partial charge on any atom is 0.229 e. The molecule has 1 fully saturated rings. The van der Waals surface area contributed by atoms with Crippen molar-refractivity contribution >= 4 is 46.4 Å². The Balaban J connectivity index is 1.73. The highest BCUT2D eigenvalue weighted by molar-refractivity contribution is 6.44. The summed E-state index contributed by atoms with van der Waals surface area (Å²) < 4.78 is 12.9. The number of nitrogens with one attached hydrogen (secondary N) is 1. The zero-order valence-corrected chi connectivity index (χ0v) is 13.9. The van der Waals surface area contributed by atoms with Crippen molar-refractivity contribution in [2.24, 2.45) is 5.92 Å². The van der Waals surface area contributed by atoms with Crippen LogP contribution in [0.1, 0.15) is 6.42 Å². The average Bonchev–Trinajstić information content (AvgIpc) is 2.94. The van der Waals surface area contributed by atoms with Crippen molar-refractivity contribution < 1.29 is 14.0 Å². The molecule has 0 saturated carbocycles. The molecule has 1 aliphatic rings. The van der Waals surface area contributed by atoms with E-state index in [9.17, 15) is 14.0 Å².